The Morgan fingerprint density at radius 1 is 0.519 bits per heavy atom. The van der Waals surface area contributed by atoms with E-state index in [-0.39, 0.29) is 24.9 Å². The Hall–Kier alpha value is -1.66. The van der Waals surface area contributed by atoms with E-state index in [4.69, 9.17) is 4.74 Å². The second-order valence-corrected chi connectivity index (χ2v) is 16.2. The highest BCUT2D eigenvalue weighted by atomic mass is 16.5. The Kier molecular flexibility index (Phi) is 41.2. The summed E-state index contributed by atoms with van der Waals surface area (Å²) in [7, 11) is 0. The normalized spacial score (nSPS) is 13.5. The quantitative estimate of drug-likeness (QED) is 0.0327. The van der Waals surface area contributed by atoms with Gasteiger partial charge < -0.3 is 20.3 Å². The molecule has 3 unspecified atom stereocenters. The first kappa shape index (κ1) is 52.3. The summed E-state index contributed by atoms with van der Waals surface area (Å²) < 4.78 is 5.87. The van der Waals surface area contributed by atoms with Gasteiger partial charge in [-0.25, -0.2) is 0 Å². The molecule has 0 saturated carbocycles. The Labute approximate surface area is 335 Å². The third kappa shape index (κ3) is 37.3. The van der Waals surface area contributed by atoms with Crippen LogP contribution in [0.2, 0.25) is 0 Å². The van der Waals surface area contributed by atoms with Crippen LogP contribution in [0.15, 0.2) is 24.3 Å². The SMILES string of the molecule is CCC/C=C\CCCCCC(CC(=O)NC(CO)C(O)CCCCCCCCCCC)OC(=O)CCCCCCC/C=C/CCCCCCCCCCC. The maximum atomic E-state index is 13.1. The van der Waals surface area contributed by atoms with E-state index in [9.17, 15) is 19.8 Å². The van der Waals surface area contributed by atoms with Gasteiger partial charge in [-0.15, -0.1) is 0 Å². The number of rotatable bonds is 42. The molecule has 3 N–H and O–H groups in total. The molecule has 0 rings (SSSR count). The Balaban J connectivity index is 4.42. The molecule has 3 atom stereocenters. The molecule has 0 aliphatic heterocycles. The summed E-state index contributed by atoms with van der Waals surface area (Å²) in [5.41, 5.74) is 0. The molecule has 6 heteroatoms. The number of esters is 1. The molecule has 0 heterocycles. The third-order valence-corrected chi connectivity index (χ3v) is 10.7. The number of ether oxygens (including phenoxy) is 1. The van der Waals surface area contributed by atoms with Crippen molar-refractivity contribution in [3.8, 4) is 0 Å². The molecule has 0 aromatic rings. The second-order valence-electron chi connectivity index (χ2n) is 16.2. The number of unbranched alkanes of at least 4 members (excludes halogenated alkanes) is 26. The Bertz CT molecular complexity index is 858. The van der Waals surface area contributed by atoms with Crippen molar-refractivity contribution >= 4 is 11.9 Å². The fraction of sp³-hybridized carbons (Fsp3) is 0.875. The van der Waals surface area contributed by atoms with E-state index in [0.29, 0.717) is 19.3 Å². The number of hydrogen-bond donors (Lipinski definition) is 3. The van der Waals surface area contributed by atoms with Crippen LogP contribution < -0.4 is 5.32 Å². The van der Waals surface area contributed by atoms with E-state index < -0.39 is 18.2 Å². The lowest BCUT2D eigenvalue weighted by molar-refractivity contribution is -0.151. The largest absolute Gasteiger partial charge is 0.462 e. The first-order valence-electron chi connectivity index (χ1n) is 23.6. The van der Waals surface area contributed by atoms with Gasteiger partial charge in [0.25, 0.3) is 0 Å². The average molecular weight is 762 g/mol. The maximum Gasteiger partial charge on any atom is 0.306 e. The molecule has 0 aromatic heterocycles. The zero-order valence-corrected chi connectivity index (χ0v) is 36.1. The number of amides is 1. The van der Waals surface area contributed by atoms with E-state index in [2.05, 4.69) is 50.4 Å². The Morgan fingerprint density at radius 2 is 0.926 bits per heavy atom. The minimum atomic E-state index is -0.786. The molecular formula is C48H91NO5. The molecule has 0 aromatic carbocycles. The van der Waals surface area contributed by atoms with Gasteiger partial charge in [-0.05, 0) is 70.6 Å². The zero-order valence-electron chi connectivity index (χ0n) is 36.1. The standard InChI is InChI=1S/C48H91NO5/c1-4-7-10-13-16-19-20-21-22-23-24-25-26-27-29-32-35-38-41-48(53)54-44(39-36-33-30-18-15-12-9-6-3)42-47(52)49-45(43-50)46(51)40-37-34-31-28-17-14-11-8-5-2/h12,15,24-25,44-46,50-51H,4-11,13-14,16-23,26-43H2,1-3H3,(H,49,52)/b15-12-,25-24+. The lowest BCUT2D eigenvalue weighted by atomic mass is 10.0. The van der Waals surface area contributed by atoms with Gasteiger partial charge in [0.05, 0.1) is 25.2 Å². The monoisotopic (exact) mass is 762 g/mol. The fourth-order valence-electron chi connectivity index (χ4n) is 7.13. The van der Waals surface area contributed by atoms with Crippen LogP contribution in [-0.4, -0.2) is 46.9 Å². The topological polar surface area (TPSA) is 95.9 Å². The first-order chi connectivity index (χ1) is 26.5. The summed E-state index contributed by atoms with van der Waals surface area (Å²) >= 11 is 0. The van der Waals surface area contributed by atoms with Crippen LogP contribution in [0.25, 0.3) is 0 Å². The van der Waals surface area contributed by atoms with Gasteiger partial charge in [0, 0.05) is 6.42 Å². The van der Waals surface area contributed by atoms with Crippen molar-refractivity contribution in [2.24, 2.45) is 0 Å². The molecule has 0 saturated heterocycles. The van der Waals surface area contributed by atoms with Crippen molar-refractivity contribution in [2.45, 2.75) is 264 Å². The van der Waals surface area contributed by atoms with Crippen LogP contribution in [0, 0.1) is 0 Å². The molecule has 0 aliphatic carbocycles. The fourth-order valence-corrected chi connectivity index (χ4v) is 7.13. The molecule has 318 valence electrons. The van der Waals surface area contributed by atoms with Crippen LogP contribution in [0.1, 0.15) is 245 Å². The van der Waals surface area contributed by atoms with Crippen molar-refractivity contribution in [3.63, 3.8) is 0 Å². The molecule has 6 nitrogen and oxygen atoms in total. The van der Waals surface area contributed by atoms with E-state index in [1.54, 1.807) is 0 Å². The summed E-state index contributed by atoms with van der Waals surface area (Å²) in [5, 5.41) is 23.5. The minimum absolute atomic E-state index is 0.0655. The lowest BCUT2D eigenvalue weighted by Crippen LogP contribution is -2.46. The number of aliphatic hydroxyl groups is 2. The molecule has 0 radical (unpaired) electrons. The summed E-state index contributed by atoms with van der Waals surface area (Å²) in [5.74, 6) is -0.499. The van der Waals surface area contributed by atoms with E-state index >= 15 is 0 Å². The first-order valence-corrected chi connectivity index (χ1v) is 23.6. The van der Waals surface area contributed by atoms with Gasteiger partial charge in [0.15, 0.2) is 0 Å². The van der Waals surface area contributed by atoms with Crippen molar-refractivity contribution in [2.75, 3.05) is 6.61 Å². The number of carbonyl (C=O) groups is 2. The smallest absolute Gasteiger partial charge is 0.306 e. The molecule has 0 spiro atoms. The molecule has 54 heavy (non-hydrogen) atoms. The van der Waals surface area contributed by atoms with Crippen LogP contribution >= 0.6 is 0 Å². The lowest BCUT2D eigenvalue weighted by Gasteiger charge is -2.24. The number of hydrogen-bond acceptors (Lipinski definition) is 5. The summed E-state index contributed by atoms with van der Waals surface area (Å²) in [6, 6.07) is -0.701. The second kappa shape index (κ2) is 42.5. The van der Waals surface area contributed by atoms with E-state index in [0.717, 1.165) is 83.5 Å². The van der Waals surface area contributed by atoms with Gasteiger partial charge in [-0.1, -0.05) is 186 Å². The highest BCUT2D eigenvalue weighted by Gasteiger charge is 2.24. The third-order valence-electron chi connectivity index (χ3n) is 10.7. The van der Waals surface area contributed by atoms with Gasteiger partial charge in [0.1, 0.15) is 6.10 Å². The van der Waals surface area contributed by atoms with Crippen molar-refractivity contribution in [1.82, 2.24) is 5.32 Å². The summed E-state index contributed by atoms with van der Waals surface area (Å²) in [4.78, 5) is 25.9. The van der Waals surface area contributed by atoms with Gasteiger partial charge in [-0.2, -0.15) is 0 Å². The molecule has 1 amide bonds. The van der Waals surface area contributed by atoms with Crippen molar-refractivity contribution < 1.29 is 24.5 Å². The highest BCUT2D eigenvalue weighted by molar-refractivity contribution is 5.77. The Morgan fingerprint density at radius 3 is 1.41 bits per heavy atom. The predicted octanol–water partition coefficient (Wildman–Crippen LogP) is 13.6. The average Bonchev–Trinajstić information content (AvgIpc) is 3.16. The van der Waals surface area contributed by atoms with Crippen LogP contribution in [0.4, 0.5) is 0 Å². The molecule has 0 aliphatic rings. The zero-order chi connectivity index (χ0) is 39.6. The molecular weight excluding hydrogens is 671 g/mol. The van der Waals surface area contributed by atoms with E-state index in [1.807, 2.05) is 0 Å². The summed E-state index contributed by atoms with van der Waals surface area (Å²) in [6.07, 6.45) is 46.8. The van der Waals surface area contributed by atoms with Crippen molar-refractivity contribution in [3.05, 3.63) is 24.3 Å². The summed E-state index contributed by atoms with van der Waals surface area (Å²) in [6.45, 7) is 6.38. The number of nitrogens with one attached hydrogen (secondary N) is 1. The molecule has 0 fully saturated rings. The van der Waals surface area contributed by atoms with Gasteiger partial charge in [0.2, 0.25) is 5.91 Å². The minimum Gasteiger partial charge on any atom is -0.462 e. The molecule has 0 bridgehead atoms. The van der Waals surface area contributed by atoms with Crippen molar-refractivity contribution in [1.29, 1.82) is 0 Å². The number of aliphatic hydroxyl groups excluding tert-OH is 2. The maximum absolute atomic E-state index is 13.1. The number of carbonyl (C=O) groups excluding carboxylic acids is 2. The van der Waals surface area contributed by atoms with Gasteiger partial charge >= 0.3 is 5.97 Å². The van der Waals surface area contributed by atoms with Crippen LogP contribution in [0.5, 0.6) is 0 Å². The van der Waals surface area contributed by atoms with E-state index in [1.165, 1.54) is 116 Å². The van der Waals surface area contributed by atoms with Gasteiger partial charge in [-0.3, -0.25) is 9.59 Å². The number of allylic oxidation sites excluding steroid dienone is 4. The van der Waals surface area contributed by atoms with Crippen LogP contribution in [0.3, 0.4) is 0 Å². The predicted molar refractivity (Wildman–Crippen MR) is 232 cm³/mol. The highest BCUT2D eigenvalue weighted by Crippen LogP contribution is 2.17. The van der Waals surface area contributed by atoms with Crippen LogP contribution in [-0.2, 0) is 14.3 Å².